The number of imide groups is 1. The minimum atomic E-state index is -0.552. The fraction of sp³-hybridized carbons (Fsp3) is 0.500. The van der Waals surface area contributed by atoms with Crippen molar-refractivity contribution >= 4 is 17.9 Å². The van der Waals surface area contributed by atoms with Gasteiger partial charge < -0.3 is 14.4 Å². The molecule has 1 N–H and O–H groups in total. The third-order valence-corrected chi connectivity index (χ3v) is 4.09. The van der Waals surface area contributed by atoms with Crippen molar-refractivity contribution in [1.29, 1.82) is 0 Å². The number of benzene rings is 1. The second-order valence-electron chi connectivity index (χ2n) is 7.25. The normalized spacial score (nSPS) is 20.3. The number of nitrogens with one attached hydrogen (secondary N) is 1. The molecule has 2 heterocycles. The molecule has 1 saturated heterocycles. The molecule has 3 rings (SSSR count). The Morgan fingerprint density at radius 2 is 2.08 bits per heavy atom. The Bertz CT molecular complexity index is 723. The molecule has 134 valence electrons. The molecule has 2 aliphatic rings. The molecule has 0 radical (unpaired) electrons. The predicted molar refractivity (Wildman–Crippen MR) is 89.5 cm³/mol. The number of carbonyl (C=O) groups excluding carboxylic acids is 3. The van der Waals surface area contributed by atoms with Crippen LogP contribution in [0.5, 0.6) is 0 Å². The quantitative estimate of drug-likeness (QED) is 0.825. The Hall–Kier alpha value is -2.41. The van der Waals surface area contributed by atoms with E-state index in [1.807, 2.05) is 26.8 Å². The van der Waals surface area contributed by atoms with Crippen LogP contribution in [-0.2, 0) is 15.9 Å². The highest BCUT2D eigenvalue weighted by atomic mass is 16.6. The van der Waals surface area contributed by atoms with E-state index < -0.39 is 5.60 Å². The van der Waals surface area contributed by atoms with E-state index in [4.69, 9.17) is 9.47 Å². The van der Waals surface area contributed by atoms with Crippen LogP contribution in [0.4, 0.5) is 4.79 Å². The maximum atomic E-state index is 12.2. The van der Waals surface area contributed by atoms with Gasteiger partial charge in [-0.05, 0) is 32.4 Å². The maximum absolute atomic E-state index is 12.2. The number of ether oxygens (including phenoxy) is 2. The molecule has 0 spiro atoms. The second kappa shape index (κ2) is 6.48. The molecule has 25 heavy (non-hydrogen) atoms. The van der Waals surface area contributed by atoms with Crippen LogP contribution >= 0.6 is 0 Å². The van der Waals surface area contributed by atoms with Gasteiger partial charge in [0.25, 0.3) is 11.8 Å². The van der Waals surface area contributed by atoms with Crippen LogP contribution in [0.25, 0.3) is 0 Å². The van der Waals surface area contributed by atoms with Gasteiger partial charge in [-0.2, -0.15) is 0 Å². The van der Waals surface area contributed by atoms with Gasteiger partial charge in [0.05, 0.1) is 30.4 Å². The number of morpholine rings is 1. The molecule has 1 atom stereocenters. The first kappa shape index (κ1) is 17.4. The van der Waals surface area contributed by atoms with Crippen LogP contribution in [0, 0.1) is 0 Å². The Balaban J connectivity index is 1.71. The molecule has 0 saturated carbocycles. The number of fused-ring (bicyclic) bond motifs is 1. The summed E-state index contributed by atoms with van der Waals surface area (Å²) in [5.74, 6) is -0.753. The van der Waals surface area contributed by atoms with E-state index in [1.54, 1.807) is 17.0 Å². The van der Waals surface area contributed by atoms with Crippen molar-refractivity contribution in [2.24, 2.45) is 0 Å². The van der Waals surface area contributed by atoms with E-state index in [0.717, 1.165) is 5.56 Å². The average Bonchev–Trinajstić information content (AvgIpc) is 2.82. The first-order chi connectivity index (χ1) is 11.7. The zero-order chi connectivity index (χ0) is 18.2. The molecular weight excluding hydrogens is 324 g/mol. The standard InChI is InChI=1S/C18H22N2O5/c1-18(2,3)25-17(23)20-7-8-24-12(10-20)9-11-5-4-6-13-14(11)16(22)19-15(13)21/h4-6,12H,7-10H2,1-3H3,(H,19,21,22). The van der Waals surface area contributed by atoms with E-state index in [1.165, 1.54) is 0 Å². The largest absolute Gasteiger partial charge is 0.444 e. The molecular formula is C18H22N2O5. The predicted octanol–water partition coefficient (Wildman–Crippen LogP) is 1.75. The highest BCUT2D eigenvalue weighted by molar-refractivity contribution is 6.22. The summed E-state index contributed by atoms with van der Waals surface area (Å²) in [6.45, 7) is 6.73. The second-order valence-corrected chi connectivity index (χ2v) is 7.25. The molecule has 0 aliphatic carbocycles. The summed E-state index contributed by atoms with van der Waals surface area (Å²) in [6.07, 6.45) is -0.174. The summed E-state index contributed by atoms with van der Waals surface area (Å²) in [4.78, 5) is 37.6. The van der Waals surface area contributed by atoms with Crippen molar-refractivity contribution in [1.82, 2.24) is 10.2 Å². The molecule has 1 aromatic carbocycles. The lowest BCUT2D eigenvalue weighted by atomic mass is 9.97. The molecule has 3 amide bonds. The number of hydrogen-bond acceptors (Lipinski definition) is 5. The summed E-state index contributed by atoms with van der Waals surface area (Å²) in [5.41, 5.74) is 0.994. The van der Waals surface area contributed by atoms with E-state index in [-0.39, 0.29) is 24.0 Å². The van der Waals surface area contributed by atoms with Gasteiger partial charge in [0.1, 0.15) is 5.60 Å². The lowest BCUT2D eigenvalue weighted by Gasteiger charge is -2.34. The van der Waals surface area contributed by atoms with Crippen LogP contribution in [0.15, 0.2) is 18.2 Å². The number of hydrogen-bond donors (Lipinski definition) is 1. The highest BCUT2D eigenvalue weighted by Crippen LogP contribution is 2.23. The molecule has 1 fully saturated rings. The van der Waals surface area contributed by atoms with Gasteiger partial charge in [-0.3, -0.25) is 14.9 Å². The summed E-state index contributed by atoms with van der Waals surface area (Å²) in [6, 6.07) is 5.20. The molecule has 1 unspecified atom stereocenters. The van der Waals surface area contributed by atoms with E-state index in [9.17, 15) is 14.4 Å². The monoisotopic (exact) mass is 346 g/mol. The van der Waals surface area contributed by atoms with E-state index in [0.29, 0.717) is 37.2 Å². The Labute approximate surface area is 146 Å². The van der Waals surface area contributed by atoms with Crippen LogP contribution in [-0.4, -0.2) is 54.2 Å². The summed E-state index contributed by atoms with van der Waals surface area (Å²) < 4.78 is 11.2. The fourth-order valence-electron chi connectivity index (χ4n) is 3.04. The third kappa shape index (κ3) is 3.82. The maximum Gasteiger partial charge on any atom is 0.410 e. The first-order valence-electron chi connectivity index (χ1n) is 8.32. The summed E-state index contributed by atoms with van der Waals surface area (Å²) in [7, 11) is 0. The number of nitrogens with zero attached hydrogens (tertiary/aromatic N) is 1. The van der Waals surface area contributed by atoms with Gasteiger partial charge in [-0.25, -0.2) is 4.79 Å². The van der Waals surface area contributed by atoms with Gasteiger partial charge in [-0.1, -0.05) is 12.1 Å². The van der Waals surface area contributed by atoms with E-state index >= 15 is 0 Å². The Morgan fingerprint density at radius 3 is 2.80 bits per heavy atom. The van der Waals surface area contributed by atoms with Gasteiger partial charge >= 0.3 is 6.09 Å². The molecule has 7 heteroatoms. The van der Waals surface area contributed by atoms with Crippen molar-refractivity contribution in [2.45, 2.75) is 38.9 Å². The van der Waals surface area contributed by atoms with Crippen LogP contribution < -0.4 is 5.32 Å². The Kier molecular flexibility index (Phi) is 4.51. The highest BCUT2D eigenvalue weighted by Gasteiger charge is 2.32. The lowest BCUT2D eigenvalue weighted by Crippen LogP contribution is -2.48. The number of carbonyl (C=O) groups is 3. The smallest absolute Gasteiger partial charge is 0.410 e. The minimum Gasteiger partial charge on any atom is -0.444 e. The first-order valence-corrected chi connectivity index (χ1v) is 8.32. The SMILES string of the molecule is CC(C)(C)OC(=O)N1CCOC(Cc2cccc3c2C(=O)NC3=O)C1. The molecule has 2 aliphatic heterocycles. The van der Waals surface area contributed by atoms with Gasteiger partial charge in [-0.15, -0.1) is 0 Å². The van der Waals surface area contributed by atoms with Gasteiger partial charge in [0.2, 0.25) is 0 Å². The van der Waals surface area contributed by atoms with E-state index in [2.05, 4.69) is 5.32 Å². The zero-order valence-electron chi connectivity index (χ0n) is 14.6. The van der Waals surface area contributed by atoms with Crippen molar-refractivity contribution in [3.63, 3.8) is 0 Å². The number of rotatable bonds is 2. The molecule has 0 bridgehead atoms. The summed E-state index contributed by atoms with van der Waals surface area (Å²) in [5, 5.41) is 2.31. The zero-order valence-corrected chi connectivity index (χ0v) is 14.6. The molecule has 1 aromatic rings. The van der Waals surface area contributed by atoms with Crippen molar-refractivity contribution < 1.29 is 23.9 Å². The van der Waals surface area contributed by atoms with Crippen molar-refractivity contribution in [3.05, 3.63) is 34.9 Å². The third-order valence-electron chi connectivity index (χ3n) is 4.09. The molecule has 0 aromatic heterocycles. The minimum absolute atomic E-state index is 0.253. The lowest BCUT2D eigenvalue weighted by molar-refractivity contribution is -0.0415. The van der Waals surface area contributed by atoms with Crippen molar-refractivity contribution in [2.75, 3.05) is 19.7 Å². The average molecular weight is 346 g/mol. The topological polar surface area (TPSA) is 84.9 Å². The van der Waals surface area contributed by atoms with Gasteiger partial charge in [0, 0.05) is 13.0 Å². The summed E-state index contributed by atoms with van der Waals surface area (Å²) >= 11 is 0. The Morgan fingerprint density at radius 1 is 1.32 bits per heavy atom. The van der Waals surface area contributed by atoms with Gasteiger partial charge in [0.15, 0.2) is 0 Å². The van der Waals surface area contributed by atoms with Crippen LogP contribution in [0.2, 0.25) is 0 Å². The fourth-order valence-corrected chi connectivity index (χ4v) is 3.04. The van der Waals surface area contributed by atoms with Crippen molar-refractivity contribution in [3.8, 4) is 0 Å². The number of amides is 3. The van der Waals surface area contributed by atoms with Crippen LogP contribution in [0.1, 0.15) is 47.1 Å². The van der Waals surface area contributed by atoms with Crippen LogP contribution in [0.3, 0.4) is 0 Å². The molecule has 7 nitrogen and oxygen atoms in total.